The minimum atomic E-state index is -1.08. The highest BCUT2D eigenvalue weighted by Crippen LogP contribution is 2.18. The van der Waals surface area contributed by atoms with E-state index in [9.17, 15) is 28.8 Å². The van der Waals surface area contributed by atoms with Gasteiger partial charge in [0.25, 0.3) is 17.4 Å². The van der Waals surface area contributed by atoms with Gasteiger partial charge in [-0.3, -0.25) is 28.8 Å². The first-order chi connectivity index (χ1) is 19.2. The number of amides is 2. The van der Waals surface area contributed by atoms with Crippen molar-refractivity contribution < 1.29 is 24.0 Å². The van der Waals surface area contributed by atoms with Gasteiger partial charge in [-0.05, 0) is 49.8 Å². The maximum absolute atomic E-state index is 13.3. The molecule has 3 rings (SSSR count). The minimum Gasteiger partial charge on any atom is -0.347 e. The van der Waals surface area contributed by atoms with Crippen molar-refractivity contribution in [2.24, 2.45) is 5.92 Å². The zero-order valence-electron chi connectivity index (χ0n) is 23.3. The molecule has 1 atom stereocenters. The molecule has 1 fully saturated rings. The summed E-state index contributed by atoms with van der Waals surface area (Å²) in [5, 5.41) is 5.30. The van der Waals surface area contributed by atoms with E-state index in [1.54, 1.807) is 36.4 Å². The van der Waals surface area contributed by atoms with Crippen molar-refractivity contribution in [3.63, 3.8) is 0 Å². The number of nitrogens with one attached hydrogen (secondary N) is 2. The van der Waals surface area contributed by atoms with Crippen LogP contribution in [0.3, 0.4) is 0 Å². The molecule has 2 N–H and O–H groups in total. The fourth-order valence-corrected chi connectivity index (χ4v) is 4.51. The molecule has 2 aromatic rings. The highest BCUT2D eigenvalue weighted by atomic mass is 16.2. The van der Waals surface area contributed by atoms with E-state index >= 15 is 0 Å². The molecule has 0 unspecified atom stereocenters. The summed E-state index contributed by atoms with van der Waals surface area (Å²) in [5.74, 6) is -1.89. The van der Waals surface area contributed by atoms with Gasteiger partial charge >= 0.3 is 0 Å². The molecule has 1 saturated carbocycles. The number of nitrogens with zero attached hydrogens (tertiary/aromatic N) is 1. The van der Waals surface area contributed by atoms with E-state index in [-0.39, 0.29) is 43.2 Å². The first-order valence-corrected chi connectivity index (χ1v) is 14.1. The summed E-state index contributed by atoms with van der Waals surface area (Å²) < 4.78 is 1.31. The molecule has 0 saturated heterocycles. The Balaban J connectivity index is 1.69. The van der Waals surface area contributed by atoms with Crippen LogP contribution in [0.4, 0.5) is 0 Å². The number of rotatable bonds is 17. The Morgan fingerprint density at radius 2 is 1.62 bits per heavy atom. The van der Waals surface area contributed by atoms with Crippen LogP contribution in [-0.4, -0.2) is 45.8 Å². The standard InChI is InChI=1S/C31H39N3O6/c1-3-21(4-2)12-15-25(35)20-34-18-8-11-23(31(34)40)19-28(37)26(33-29(38)22-9-6-5-7-10-22)16-17-27(36)30(39)32-24-13-14-24/h5-11,18,21,24,26H,3-4,12-17,19-20H2,1-2H3,(H,32,39)(H,33,38)/t26-/m0/s1. The van der Waals surface area contributed by atoms with Crippen LogP contribution in [0.1, 0.15) is 81.1 Å². The third kappa shape index (κ3) is 9.39. The molecule has 214 valence electrons. The third-order valence-corrected chi connectivity index (χ3v) is 7.35. The second-order valence-electron chi connectivity index (χ2n) is 10.5. The van der Waals surface area contributed by atoms with Gasteiger partial charge in [0.1, 0.15) is 0 Å². The van der Waals surface area contributed by atoms with Crippen molar-refractivity contribution in [2.75, 3.05) is 0 Å². The highest BCUT2D eigenvalue weighted by molar-refractivity contribution is 6.36. The molecule has 1 aliphatic carbocycles. The Hall–Kier alpha value is -3.88. The van der Waals surface area contributed by atoms with Gasteiger partial charge in [-0.25, -0.2) is 0 Å². The van der Waals surface area contributed by atoms with Crippen molar-refractivity contribution in [1.82, 2.24) is 15.2 Å². The fraction of sp³-hybridized carbons (Fsp3) is 0.484. The van der Waals surface area contributed by atoms with Crippen LogP contribution in [0, 0.1) is 5.92 Å². The van der Waals surface area contributed by atoms with Gasteiger partial charge in [-0.1, -0.05) is 51.0 Å². The summed E-state index contributed by atoms with van der Waals surface area (Å²) in [6.45, 7) is 4.12. The van der Waals surface area contributed by atoms with E-state index in [1.807, 2.05) is 0 Å². The van der Waals surface area contributed by atoms with Crippen LogP contribution in [0.2, 0.25) is 0 Å². The van der Waals surface area contributed by atoms with Crippen molar-refractivity contribution in [2.45, 2.75) is 90.3 Å². The topological polar surface area (TPSA) is 131 Å². The summed E-state index contributed by atoms with van der Waals surface area (Å²) in [6.07, 6.45) is 5.77. The largest absolute Gasteiger partial charge is 0.347 e. The van der Waals surface area contributed by atoms with Crippen LogP contribution < -0.4 is 16.2 Å². The molecule has 1 aliphatic rings. The summed E-state index contributed by atoms with van der Waals surface area (Å²) in [7, 11) is 0. The maximum atomic E-state index is 13.3. The molecular formula is C31H39N3O6. The predicted molar refractivity (Wildman–Crippen MR) is 151 cm³/mol. The predicted octanol–water partition coefficient (Wildman–Crippen LogP) is 3.17. The first kappa shape index (κ1) is 30.7. The van der Waals surface area contributed by atoms with Gasteiger partial charge in [-0.15, -0.1) is 0 Å². The Kier molecular flexibility index (Phi) is 11.5. The normalized spacial score (nSPS) is 13.5. The lowest BCUT2D eigenvalue weighted by molar-refractivity contribution is -0.138. The maximum Gasteiger partial charge on any atom is 0.287 e. The van der Waals surface area contributed by atoms with Crippen LogP contribution in [0.15, 0.2) is 53.5 Å². The SMILES string of the molecule is CCC(CC)CCC(=O)Cn1cccc(CC(=O)[C@H](CCC(=O)C(=O)NC2CC2)NC(=O)c2ccccc2)c1=O. The van der Waals surface area contributed by atoms with Gasteiger partial charge in [-0.2, -0.15) is 0 Å². The fourth-order valence-electron chi connectivity index (χ4n) is 4.51. The number of Topliss-reactive ketones (excluding diaryl/α,β-unsaturated/α-hetero) is 3. The van der Waals surface area contributed by atoms with Crippen LogP contribution in [0.25, 0.3) is 0 Å². The average molecular weight is 550 g/mol. The number of hydrogen-bond acceptors (Lipinski definition) is 6. The first-order valence-electron chi connectivity index (χ1n) is 14.1. The molecule has 1 aromatic heterocycles. The summed E-state index contributed by atoms with van der Waals surface area (Å²) in [6, 6.07) is 10.4. The van der Waals surface area contributed by atoms with Gasteiger partial charge in [0.05, 0.1) is 12.6 Å². The molecule has 0 radical (unpaired) electrons. The quantitative estimate of drug-likeness (QED) is 0.292. The van der Waals surface area contributed by atoms with E-state index in [0.717, 1.165) is 32.1 Å². The summed E-state index contributed by atoms with van der Waals surface area (Å²) in [5.41, 5.74) is 0.0869. The molecule has 40 heavy (non-hydrogen) atoms. The number of pyridine rings is 1. The van der Waals surface area contributed by atoms with E-state index in [1.165, 1.54) is 16.8 Å². The lowest BCUT2D eigenvalue weighted by atomic mass is 9.96. The van der Waals surface area contributed by atoms with Crippen molar-refractivity contribution >= 4 is 29.2 Å². The zero-order valence-corrected chi connectivity index (χ0v) is 23.3. The van der Waals surface area contributed by atoms with E-state index in [2.05, 4.69) is 24.5 Å². The average Bonchev–Trinajstić information content (AvgIpc) is 3.77. The molecule has 1 aromatic carbocycles. The van der Waals surface area contributed by atoms with E-state index < -0.39 is 35.0 Å². The Morgan fingerprint density at radius 3 is 2.27 bits per heavy atom. The molecular weight excluding hydrogens is 510 g/mol. The van der Waals surface area contributed by atoms with Crippen LogP contribution in [-0.2, 0) is 32.1 Å². The van der Waals surface area contributed by atoms with Crippen LogP contribution >= 0.6 is 0 Å². The Labute approximate surface area is 234 Å². The number of hydrogen-bond donors (Lipinski definition) is 2. The molecule has 0 spiro atoms. The molecule has 1 heterocycles. The van der Waals surface area contributed by atoms with Gasteiger partial charge in [0.2, 0.25) is 5.78 Å². The van der Waals surface area contributed by atoms with Crippen LogP contribution in [0.5, 0.6) is 0 Å². The van der Waals surface area contributed by atoms with Crippen molar-refractivity contribution in [3.05, 3.63) is 70.1 Å². The van der Waals surface area contributed by atoms with E-state index in [4.69, 9.17) is 0 Å². The summed E-state index contributed by atoms with van der Waals surface area (Å²) in [4.78, 5) is 76.2. The minimum absolute atomic E-state index is 0.0264. The molecule has 2 amide bonds. The second-order valence-corrected chi connectivity index (χ2v) is 10.5. The second kappa shape index (κ2) is 15.1. The number of carbonyl (C=O) groups excluding carboxylic acids is 5. The number of ketones is 3. The molecule has 9 nitrogen and oxygen atoms in total. The van der Waals surface area contributed by atoms with E-state index in [0.29, 0.717) is 17.9 Å². The van der Waals surface area contributed by atoms with Gasteiger partial charge in [0.15, 0.2) is 11.6 Å². The van der Waals surface area contributed by atoms with Crippen molar-refractivity contribution in [3.8, 4) is 0 Å². The Morgan fingerprint density at radius 1 is 0.925 bits per heavy atom. The zero-order chi connectivity index (χ0) is 29.1. The molecule has 0 bridgehead atoms. The molecule has 9 heteroatoms. The highest BCUT2D eigenvalue weighted by Gasteiger charge is 2.28. The molecule has 0 aliphatic heterocycles. The number of carbonyl (C=O) groups is 5. The third-order valence-electron chi connectivity index (χ3n) is 7.35. The van der Waals surface area contributed by atoms with Gasteiger partial charge < -0.3 is 15.2 Å². The van der Waals surface area contributed by atoms with Gasteiger partial charge in [0, 0.05) is 42.6 Å². The Bertz CT molecular complexity index is 1260. The number of benzene rings is 1. The number of aromatic nitrogens is 1. The summed E-state index contributed by atoms with van der Waals surface area (Å²) >= 11 is 0. The monoisotopic (exact) mass is 549 g/mol. The smallest absolute Gasteiger partial charge is 0.287 e. The lowest BCUT2D eigenvalue weighted by Crippen LogP contribution is -2.43. The van der Waals surface area contributed by atoms with Crippen molar-refractivity contribution in [1.29, 1.82) is 0 Å². The lowest BCUT2D eigenvalue weighted by Gasteiger charge is -2.18.